The summed E-state index contributed by atoms with van der Waals surface area (Å²) in [5.41, 5.74) is 0.978. The van der Waals surface area contributed by atoms with Gasteiger partial charge in [-0.1, -0.05) is 12.1 Å². The van der Waals surface area contributed by atoms with E-state index >= 15 is 0 Å². The molecule has 0 aliphatic rings. The predicted octanol–water partition coefficient (Wildman–Crippen LogP) is 1.27. The first kappa shape index (κ1) is 14.0. The Morgan fingerprint density at radius 3 is 2.90 bits per heavy atom. The second-order valence-electron chi connectivity index (χ2n) is 4.00. The third-order valence-corrected chi connectivity index (χ3v) is 2.45. The molecule has 2 aromatic rings. The normalized spacial score (nSPS) is 10.4. The van der Waals surface area contributed by atoms with Crippen molar-refractivity contribution in [3.8, 4) is 5.75 Å². The first-order chi connectivity index (χ1) is 9.67. The van der Waals surface area contributed by atoms with E-state index in [2.05, 4.69) is 10.2 Å². The molecule has 0 bridgehead atoms. The zero-order valence-corrected chi connectivity index (χ0v) is 10.9. The number of carboxylic acids is 1. The molecule has 0 unspecified atom stereocenters. The molecule has 0 saturated heterocycles. The molecule has 1 aromatic heterocycles. The minimum absolute atomic E-state index is 0.0165. The number of nitrogens with zero attached hydrogens (tertiary/aromatic N) is 2. The lowest BCUT2D eigenvalue weighted by Crippen LogP contribution is -2.06. The molecule has 0 aliphatic heterocycles. The molecular formula is C13H14N2O5. The summed E-state index contributed by atoms with van der Waals surface area (Å²) in [5, 5.41) is 16.1. The SMILES string of the molecule is COc1cccc(Cc2nnc(COCC(=O)O)o2)c1. The highest BCUT2D eigenvalue weighted by Crippen LogP contribution is 2.15. The molecule has 7 heteroatoms. The van der Waals surface area contributed by atoms with E-state index in [9.17, 15) is 4.79 Å². The summed E-state index contributed by atoms with van der Waals surface area (Å²) in [6.07, 6.45) is 0.475. The highest BCUT2D eigenvalue weighted by Gasteiger charge is 2.08. The summed E-state index contributed by atoms with van der Waals surface area (Å²) in [4.78, 5) is 10.3. The average Bonchev–Trinajstić information content (AvgIpc) is 2.86. The van der Waals surface area contributed by atoms with Gasteiger partial charge in [-0.25, -0.2) is 4.79 Å². The number of benzene rings is 1. The van der Waals surface area contributed by atoms with E-state index in [4.69, 9.17) is 19.0 Å². The number of carboxylic acid groups (broad SMARTS) is 1. The van der Waals surface area contributed by atoms with Crippen molar-refractivity contribution in [1.82, 2.24) is 10.2 Å². The fraction of sp³-hybridized carbons (Fsp3) is 0.308. The van der Waals surface area contributed by atoms with Crippen LogP contribution in [-0.4, -0.2) is 35.0 Å². The average molecular weight is 278 g/mol. The van der Waals surface area contributed by atoms with Crippen LogP contribution in [-0.2, 0) is 22.6 Å². The number of hydrogen-bond donors (Lipinski definition) is 1. The molecule has 106 valence electrons. The summed E-state index contributed by atoms with van der Waals surface area (Å²) < 4.78 is 15.4. The van der Waals surface area contributed by atoms with Crippen molar-refractivity contribution < 1.29 is 23.8 Å². The van der Waals surface area contributed by atoms with Crippen LogP contribution in [0.15, 0.2) is 28.7 Å². The molecule has 0 spiro atoms. The fourth-order valence-corrected chi connectivity index (χ4v) is 1.60. The van der Waals surface area contributed by atoms with Gasteiger partial charge in [0.1, 0.15) is 19.0 Å². The quantitative estimate of drug-likeness (QED) is 0.814. The van der Waals surface area contributed by atoms with Gasteiger partial charge in [0.25, 0.3) is 0 Å². The third kappa shape index (κ3) is 4.06. The predicted molar refractivity (Wildman–Crippen MR) is 67.4 cm³/mol. The van der Waals surface area contributed by atoms with Crippen molar-refractivity contribution in [2.45, 2.75) is 13.0 Å². The Hall–Kier alpha value is -2.41. The van der Waals surface area contributed by atoms with Gasteiger partial charge in [0.15, 0.2) is 0 Å². The maximum absolute atomic E-state index is 10.3. The monoisotopic (exact) mass is 278 g/mol. The van der Waals surface area contributed by atoms with Gasteiger partial charge in [-0.2, -0.15) is 0 Å². The van der Waals surface area contributed by atoms with E-state index in [-0.39, 0.29) is 12.5 Å². The van der Waals surface area contributed by atoms with Crippen LogP contribution in [0.4, 0.5) is 0 Å². The highest BCUT2D eigenvalue weighted by atomic mass is 16.5. The summed E-state index contributed by atoms with van der Waals surface area (Å²) in [7, 11) is 1.60. The second kappa shape index (κ2) is 6.67. The van der Waals surface area contributed by atoms with Crippen molar-refractivity contribution in [3.63, 3.8) is 0 Å². The van der Waals surface area contributed by atoms with Gasteiger partial charge < -0.3 is 19.0 Å². The zero-order chi connectivity index (χ0) is 14.4. The Kier molecular flexibility index (Phi) is 4.67. The molecule has 7 nitrogen and oxygen atoms in total. The lowest BCUT2D eigenvalue weighted by molar-refractivity contribution is -0.142. The largest absolute Gasteiger partial charge is 0.497 e. The maximum Gasteiger partial charge on any atom is 0.329 e. The Balaban J connectivity index is 1.93. The van der Waals surface area contributed by atoms with Gasteiger partial charge in [0.05, 0.1) is 13.5 Å². The summed E-state index contributed by atoms with van der Waals surface area (Å²) in [6.45, 7) is -0.412. The Labute approximate surface area is 115 Å². The number of hydrogen-bond acceptors (Lipinski definition) is 6. The van der Waals surface area contributed by atoms with Crippen LogP contribution in [0.3, 0.4) is 0 Å². The van der Waals surface area contributed by atoms with Crippen LogP contribution in [0.2, 0.25) is 0 Å². The lowest BCUT2D eigenvalue weighted by Gasteiger charge is -2.01. The minimum Gasteiger partial charge on any atom is -0.497 e. The van der Waals surface area contributed by atoms with E-state index in [1.165, 1.54) is 0 Å². The van der Waals surface area contributed by atoms with Gasteiger partial charge in [-0.3, -0.25) is 0 Å². The molecule has 0 atom stereocenters. The van der Waals surface area contributed by atoms with Crippen LogP contribution in [0.1, 0.15) is 17.3 Å². The second-order valence-corrected chi connectivity index (χ2v) is 4.00. The summed E-state index contributed by atoms with van der Waals surface area (Å²) in [6, 6.07) is 7.53. The smallest absolute Gasteiger partial charge is 0.329 e. The van der Waals surface area contributed by atoms with E-state index in [1.807, 2.05) is 24.3 Å². The van der Waals surface area contributed by atoms with Crippen molar-refractivity contribution in [2.75, 3.05) is 13.7 Å². The third-order valence-electron chi connectivity index (χ3n) is 2.45. The van der Waals surface area contributed by atoms with Gasteiger partial charge in [-0.15, -0.1) is 10.2 Å². The molecular weight excluding hydrogens is 264 g/mol. The van der Waals surface area contributed by atoms with Crippen molar-refractivity contribution in [1.29, 1.82) is 0 Å². The van der Waals surface area contributed by atoms with Crippen molar-refractivity contribution in [2.24, 2.45) is 0 Å². The highest BCUT2D eigenvalue weighted by molar-refractivity contribution is 5.67. The molecule has 0 aliphatic carbocycles. The van der Waals surface area contributed by atoms with Crippen molar-refractivity contribution in [3.05, 3.63) is 41.6 Å². The Morgan fingerprint density at radius 1 is 1.35 bits per heavy atom. The summed E-state index contributed by atoms with van der Waals surface area (Å²) >= 11 is 0. The van der Waals surface area contributed by atoms with Crippen LogP contribution in [0.25, 0.3) is 0 Å². The van der Waals surface area contributed by atoms with Gasteiger partial charge in [0.2, 0.25) is 11.8 Å². The van der Waals surface area contributed by atoms with Crippen molar-refractivity contribution >= 4 is 5.97 Å². The molecule has 1 aromatic carbocycles. The van der Waals surface area contributed by atoms with E-state index in [0.717, 1.165) is 11.3 Å². The van der Waals surface area contributed by atoms with E-state index in [1.54, 1.807) is 7.11 Å². The van der Waals surface area contributed by atoms with Gasteiger partial charge >= 0.3 is 5.97 Å². The zero-order valence-electron chi connectivity index (χ0n) is 10.9. The first-order valence-electron chi connectivity index (χ1n) is 5.91. The minimum atomic E-state index is -1.04. The molecule has 1 N–H and O–H groups in total. The van der Waals surface area contributed by atoms with Crippen LogP contribution >= 0.6 is 0 Å². The maximum atomic E-state index is 10.3. The first-order valence-corrected chi connectivity index (χ1v) is 5.91. The molecule has 1 heterocycles. The van der Waals surface area contributed by atoms with E-state index in [0.29, 0.717) is 12.3 Å². The standard InChI is InChI=1S/C13H14N2O5/c1-18-10-4-2-3-9(5-10)6-11-14-15-12(20-11)7-19-8-13(16)17/h2-5H,6-8H2,1H3,(H,16,17). The van der Waals surface area contributed by atoms with E-state index < -0.39 is 12.6 Å². The molecule has 0 radical (unpaired) electrons. The Morgan fingerprint density at radius 2 is 2.15 bits per heavy atom. The van der Waals surface area contributed by atoms with Crippen LogP contribution in [0.5, 0.6) is 5.75 Å². The molecule has 0 fully saturated rings. The number of aliphatic carboxylic acids is 1. The molecule has 20 heavy (non-hydrogen) atoms. The Bertz CT molecular complexity index is 582. The molecule has 0 amide bonds. The van der Waals surface area contributed by atoms with Crippen LogP contribution in [0, 0.1) is 0 Å². The number of aromatic nitrogens is 2. The molecule has 2 rings (SSSR count). The van der Waals surface area contributed by atoms with Gasteiger partial charge in [-0.05, 0) is 17.7 Å². The lowest BCUT2D eigenvalue weighted by atomic mass is 10.1. The fourth-order valence-electron chi connectivity index (χ4n) is 1.60. The van der Waals surface area contributed by atoms with Gasteiger partial charge in [0, 0.05) is 0 Å². The number of rotatable bonds is 7. The number of carbonyl (C=O) groups is 1. The number of methoxy groups -OCH3 is 1. The molecule has 0 saturated carbocycles. The number of ether oxygens (including phenoxy) is 2. The summed E-state index contributed by atoms with van der Waals surface area (Å²) in [5.74, 6) is 0.407. The topological polar surface area (TPSA) is 94.7 Å². The van der Waals surface area contributed by atoms with Crippen LogP contribution < -0.4 is 4.74 Å².